The van der Waals surface area contributed by atoms with Crippen LogP contribution < -0.4 is 14.2 Å². The first-order valence-electron chi connectivity index (χ1n) is 8.14. The first-order valence-corrected chi connectivity index (χ1v) is 8.95. The average molecular weight is 346 g/mol. The molecule has 1 N–H and O–H groups in total. The Kier molecular flexibility index (Phi) is 6.36. The Hall–Kier alpha value is -1.89. The molecule has 1 aromatic carbocycles. The maximum Gasteiger partial charge on any atom is 0.273 e. The molecule has 1 aromatic heterocycles. The minimum atomic E-state index is 0.770. The fourth-order valence-corrected chi connectivity index (χ4v) is 3.45. The minimum Gasteiger partial charge on any atom is -0.206 e. The Morgan fingerprint density at radius 3 is 2.75 bits per heavy atom. The van der Waals surface area contributed by atoms with E-state index in [0.29, 0.717) is 0 Å². The number of rotatable bonds is 4. The molecule has 0 fully saturated rings. The monoisotopic (exact) mass is 346 g/mol. The molecule has 5 nitrogen and oxygen atoms in total. The van der Waals surface area contributed by atoms with E-state index in [9.17, 15) is 0 Å². The Morgan fingerprint density at radius 1 is 1.38 bits per heavy atom. The molecule has 128 valence electrons. The highest BCUT2D eigenvalue weighted by molar-refractivity contribution is 7.97. The summed E-state index contributed by atoms with van der Waals surface area (Å²) in [6, 6.07) is 8.52. The van der Waals surface area contributed by atoms with E-state index in [1.165, 1.54) is 10.6 Å². The van der Waals surface area contributed by atoms with Crippen LogP contribution in [-0.4, -0.2) is 18.7 Å². The number of aromatic nitrogens is 2. The molecule has 0 amide bonds. The maximum absolute atomic E-state index is 5.03. The van der Waals surface area contributed by atoms with Gasteiger partial charge in [-0.05, 0) is 39.0 Å². The van der Waals surface area contributed by atoms with Gasteiger partial charge in [-0.15, -0.1) is 0 Å². The van der Waals surface area contributed by atoms with Crippen molar-refractivity contribution in [3.05, 3.63) is 48.3 Å². The van der Waals surface area contributed by atoms with Crippen LogP contribution in [0.5, 0.6) is 0 Å². The number of hydrogen-bond donors (Lipinski definition) is 1. The van der Waals surface area contributed by atoms with Crippen LogP contribution in [0.25, 0.3) is 12.2 Å². The van der Waals surface area contributed by atoms with Gasteiger partial charge in [0.05, 0.1) is 18.5 Å². The highest BCUT2D eigenvalue weighted by Crippen LogP contribution is 2.37. The van der Waals surface area contributed by atoms with Gasteiger partial charge in [-0.25, -0.2) is 4.59 Å². The van der Waals surface area contributed by atoms with Gasteiger partial charge in [0.2, 0.25) is 5.69 Å². The number of fused-ring (bicyclic) bond motifs is 1. The molecule has 0 radical (unpaired) electrons. The van der Waals surface area contributed by atoms with Gasteiger partial charge in [0, 0.05) is 18.0 Å². The highest BCUT2D eigenvalue weighted by atomic mass is 32.2. The normalized spacial score (nSPS) is 19.0. The van der Waals surface area contributed by atoms with Crippen molar-refractivity contribution >= 4 is 29.8 Å². The van der Waals surface area contributed by atoms with Crippen molar-refractivity contribution in [3.8, 4) is 0 Å². The molecule has 2 aromatic rings. The van der Waals surface area contributed by atoms with Crippen LogP contribution in [0.15, 0.2) is 46.4 Å². The van der Waals surface area contributed by atoms with Crippen LogP contribution in [0, 0.1) is 0 Å². The zero-order valence-corrected chi connectivity index (χ0v) is 15.6. The molecule has 0 bridgehead atoms. The van der Waals surface area contributed by atoms with Crippen LogP contribution >= 0.6 is 11.9 Å². The summed E-state index contributed by atoms with van der Waals surface area (Å²) in [4.78, 5) is 4.75. The van der Waals surface area contributed by atoms with Crippen molar-refractivity contribution in [1.82, 2.24) is 14.6 Å². The molecule has 2 heterocycles. The minimum absolute atomic E-state index is 0.770. The molecule has 0 aliphatic carbocycles. The lowest BCUT2D eigenvalue weighted by Crippen LogP contribution is -2.50. The fourth-order valence-electron chi connectivity index (χ4n) is 2.41. The van der Waals surface area contributed by atoms with E-state index >= 15 is 0 Å². The molecule has 0 saturated carbocycles. The summed E-state index contributed by atoms with van der Waals surface area (Å²) < 4.78 is 7.56. The van der Waals surface area contributed by atoms with E-state index < -0.39 is 0 Å². The van der Waals surface area contributed by atoms with E-state index in [0.717, 1.165) is 29.1 Å². The van der Waals surface area contributed by atoms with Gasteiger partial charge in [0.1, 0.15) is 6.54 Å². The van der Waals surface area contributed by atoms with Crippen LogP contribution in [0.2, 0.25) is 0 Å². The molecule has 0 spiro atoms. The van der Waals surface area contributed by atoms with Gasteiger partial charge >= 0.3 is 0 Å². The molecule has 1 aliphatic heterocycles. The van der Waals surface area contributed by atoms with Crippen molar-refractivity contribution < 1.29 is 9.37 Å². The number of hydrogen-bond acceptors (Lipinski definition) is 4. The first kappa shape index (κ1) is 18.4. The lowest BCUT2D eigenvalue weighted by Gasteiger charge is -2.25. The highest BCUT2D eigenvalue weighted by Gasteiger charge is 2.33. The Balaban J connectivity index is 0.000000174. The van der Waals surface area contributed by atoms with Gasteiger partial charge < -0.3 is 0 Å². The molecule has 0 saturated heterocycles. The van der Waals surface area contributed by atoms with Crippen LogP contribution in [-0.2, 0) is 6.54 Å². The molecule has 1 unspecified atom stereocenters. The van der Waals surface area contributed by atoms with Gasteiger partial charge in [-0.3, -0.25) is 0 Å². The Morgan fingerprint density at radius 2 is 2.12 bits per heavy atom. The summed E-state index contributed by atoms with van der Waals surface area (Å²) in [5, 5.41) is 3.88. The fraction of sp³-hybridized carbons (Fsp3) is 0.333. The summed E-state index contributed by atoms with van der Waals surface area (Å²) in [6.45, 7) is 11.7. The summed E-state index contributed by atoms with van der Waals surface area (Å²) in [6.07, 6.45) is 5.56. The predicted octanol–water partition coefficient (Wildman–Crippen LogP) is 3.83. The number of nitrogens with zero attached hydrogens (tertiary/aromatic N) is 3. The number of benzene rings is 1. The second kappa shape index (κ2) is 8.28. The largest absolute Gasteiger partial charge is 0.273 e. The second-order valence-electron chi connectivity index (χ2n) is 5.51. The molecular formula is C18H26N4OS+2. The number of nitrogens with one attached hydrogen (secondary N) is 1. The van der Waals surface area contributed by atoms with Crippen molar-refractivity contribution in [2.45, 2.75) is 32.2 Å². The molecular weight excluding hydrogens is 320 g/mol. The molecule has 6 heteroatoms. The van der Waals surface area contributed by atoms with Gasteiger partial charge in [-0.2, -0.15) is 0 Å². The summed E-state index contributed by atoms with van der Waals surface area (Å²) in [7, 11) is 2.19. The number of para-hydroxylation sites is 1. The molecule has 3 rings (SSSR count). The van der Waals surface area contributed by atoms with Crippen LogP contribution in [0.3, 0.4) is 0 Å². The lowest BCUT2D eigenvalue weighted by atomic mass is 10.3. The zero-order valence-electron chi connectivity index (χ0n) is 14.8. The summed E-state index contributed by atoms with van der Waals surface area (Å²) >= 11 is 1.72. The third-order valence-corrected chi connectivity index (χ3v) is 5.02. The number of allylic oxidation sites excluding steroid dienone is 1. The second-order valence-corrected chi connectivity index (χ2v) is 6.34. The van der Waals surface area contributed by atoms with Crippen LogP contribution in [0.1, 0.15) is 32.2 Å². The predicted molar refractivity (Wildman–Crippen MR) is 101 cm³/mol. The third-order valence-electron chi connectivity index (χ3n) is 3.96. The SMILES string of the molecule is C=Cc1c(/C=C\C)no[n+]1CC.CC[N+]1(C)NSc2ccccc21. The first-order chi connectivity index (χ1) is 11.6. The molecule has 1 aliphatic rings. The summed E-state index contributed by atoms with van der Waals surface area (Å²) in [5.74, 6) is 0. The van der Waals surface area contributed by atoms with Crippen LogP contribution in [0.4, 0.5) is 5.69 Å². The van der Waals surface area contributed by atoms with Crippen molar-refractivity contribution in [2.24, 2.45) is 0 Å². The molecule has 1 atom stereocenters. The topological polar surface area (TPSA) is 41.9 Å². The zero-order chi connectivity index (χ0) is 17.6. The van der Waals surface area contributed by atoms with E-state index in [-0.39, 0.29) is 0 Å². The lowest BCUT2D eigenvalue weighted by molar-refractivity contribution is -0.871. The Bertz CT molecular complexity index is 726. The van der Waals surface area contributed by atoms with Gasteiger partial charge in [-0.1, -0.05) is 39.0 Å². The Labute approximate surface area is 148 Å². The number of quaternary nitrogens is 1. The van der Waals surface area contributed by atoms with E-state index in [1.807, 2.05) is 26.0 Å². The van der Waals surface area contributed by atoms with Crippen molar-refractivity contribution in [2.75, 3.05) is 13.6 Å². The molecule has 24 heavy (non-hydrogen) atoms. The maximum atomic E-state index is 5.03. The standard InChI is InChI=1S/C9H13N2O.C9H13N2S/c1-4-7-8-9(5-2)11(6-3)12-10-8;1-3-11(2)8-6-4-5-7-9(8)12-10-11/h4-5,7H,2,6H2,1,3H3;4-7,10H,3H2,1-2H3/q2*+1/b7-4-;. The van der Waals surface area contributed by atoms with E-state index in [2.05, 4.69) is 54.8 Å². The van der Waals surface area contributed by atoms with Gasteiger partial charge in [0.25, 0.3) is 5.69 Å². The van der Waals surface area contributed by atoms with E-state index in [1.54, 1.807) is 22.8 Å². The third kappa shape index (κ3) is 3.77. The quantitative estimate of drug-likeness (QED) is 0.519. The average Bonchev–Trinajstić information content (AvgIpc) is 3.17. The van der Waals surface area contributed by atoms with Crippen molar-refractivity contribution in [1.29, 1.82) is 0 Å². The van der Waals surface area contributed by atoms with E-state index in [4.69, 9.17) is 4.63 Å². The van der Waals surface area contributed by atoms with Gasteiger partial charge in [0.15, 0.2) is 10.8 Å². The summed E-state index contributed by atoms with van der Waals surface area (Å²) in [5.41, 5.74) is 3.13. The van der Waals surface area contributed by atoms with Crippen molar-refractivity contribution in [3.63, 3.8) is 0 Å². The number of aryl methyl sites for hydroxylation is 1. The smallest absolute Gasteiger partial charge is 0.206 e.